The number of aromatic nitrogens is 2. The molecule has 1 unspecified atom stereocenters. The maximum Gasteiger partial charge on any atom is 0.416 e. The molecule has 3 rings (SSSR count). The van der Waals surface area contributed by atoms with E-state index in [1.165, 1.54) is 6.07 Å². The van der Waals surface area contributed by atoms with E-state index in [0.29, 0.717) is 44.7 Å². The lowest BCUT2D eigenvalue weighted by Gasteiger charge is -2.37. The van der Waals surface area contributed by atoms with Crippen LogP contribution in [0.3, 0.4) is 0 Å². The molecule has 0 spiro atoms. The van der Waals surface area contributed by atoms with Crippen LogP contribution in [0.5, 0.6) is 0 Å². The maximum absolute atomic E-state index is 13.2. The minimum absolute atomic E-state index is 0.116. The van der Waals surface area contributed by atoms with Gasteiger partial charge in [0.1, 0.15) is 0 Å². The largest absolute Gasteiger partial charge is 0.416 e. The Labute approximate surface area is 174 Å². The van der Waals surface area contributed by atoms with Crippen molar-refractivity contribution in [2.75, 3.05) is 19.8 Å². The molecule has 164 valence electrons. The second-order valence-corrected chi connectivity index (χ2v) is 8.20. The van der Waals surface area contributed by atoms with Crippen molar-refractivity contribution >= 4 is 5.91 Å². The van der Waals surface area contributed by atoms with Crippen molar-refractivity contribution in [3.05, 3.63) is 52.8 Å². The quantitative estimate of drug-likeness (QED) is 0.764. The van der Waals surface area contributed by atoms with E-state index in [-0.39, 0.29) is 11.8 Å². The van der Waals surface area contributed by atoms with Gasteiger partial charge in [0.25, 0.3) is 0 Å². The minimum atomic E-state index is -4.45. The first-order valence-electron chi connectivity index (χ1n) is 10.2. The predicted molar refractivity (Wildman–Crippen MR) is 107 cm³/mol. The van der Waals surface area contributed by atoms with Gasteiger partial charge in [-0.3, -0.25) is 9.48 Å². The Bertz CT molecular complexity index is 886. The second kappa shape index (κ2) is 8.79. The van der Waals surface area contributed by atoms with Gasteiger partial charge < -0.3 is 10.1 Å². The van der Waals surface area contributed by atoms with E-state index >= 15 is 0 Å². The molecule has 1 atom stereocenters. The van der Waals surface area contributed by atoms with Crippen LogP contribution in [0.2, 0.25) is 0 Å². The summed E-state index contributed by atoms with van der Waals surface area (Å²) in [6.45, 7) is 7.67. The molecule has 1 N–H and O–H groups in total. The van der Waals surface area contributed by atoms with Gasteiger partial charge in [-0.05, 0) is 50.3 Å². The number of hydrogen-bond donors (Lipinski definition) is 1. The highest BCUT2D eigenvalue weighted by Crippen LogP contribution is 2.38. The van der Waals surface area contributed by atoms with Crippen molar-refractivity contribution in [1.29, 1.82) is 0 Å². The molecular weight excluding hydrogens is 395 g/mol. The third-order valence-electron chi connectivity index (χ3n) is 5.72. The van der Waals surface area contributed by atoms with Crippen molar-refractivity contribution in [3.63, 3.8) is 0 Å². The zero-order valence-corrected chi connectivity index (χ0v) is 17.6. The molecule has 1 aliphatic rings. The maximum atomic E-state index is 13.2. The molecule has 5 nitrogen and oxygen atoms in total. The molecule has 2 aromatic rings. The highest BCUT2D eigenvalue weighted by atomic mass is 19.4. The Morgan fingerprint density at radius 2 is 1.97 bits per heavy atom. The van der Waals surface area contributed by atoms with Gasteiger partial charge in [-0.2, -0.15) is 18.3 Å². The van der Waals surface area contributed by atoms with Gasteiger partial charge in [0.2, 0.25) is 5.91 Å². The van der Waals surface area contributed by atoms with Gasteiger partial charge in [0.15, 0.2) is 0 Å². The number of halogens is 3. The molecule has 1 aromatic carbocycles. The van der Waals surface area contributed by atoms with Crippen molar-refractivity contribution in [2.24, 2.45) is 5.92 Å². The van der Waals surface area contributed by atoms with E-state index in [9.17, 15) is 18.0 Å². The molecule has 8 heteroatoms. The van der Waals surface area contributed by atoms with Crippen molar-refractivity contribution in [3.8, 4) is 0 Å². The van der Waals surface area contributed by atoms with Crippen LogP contribution >= 0.6 is 0 Å². The lowest BCUT2D eigenvalue weighted by atomic mass is 9.73. The smallest absolute Gasteiger partial charge is 0.381 e. The average molecular weight is 423 g/mol. The van der Waals surface area contributed by atoms with E-state index in [1.54, 1.807) is 6.07 Å². The summed E-state index contributed by atoms with van der Waals surface area (Å²) in [5.41, 5.74) is 0.628. The summed E-state index contributed by atoms with van der Waals surface area (Å²) >= 11 is 0. The number of benzene rings is 1. The summed E-state index contributed by atoms with van der Waals surface area (Å²) in [4.78, 5) is 13.2. The Kier molecular flexibility index (Phi) is 6.55. The van der Waals surface area contributed by atoms with Crippen molar-refractivity contribution in [1.82, 2.24) is 15.1 Å². The molecule has 0 radical (unpaired) electrons. The number of carbonyl (C=O) groups excluding carboxylic acids is 1. The van der Waals surface area contributed by atoms with Crippen LogP contribution in [0.25, 0.3) is 0 Å². The Hall–Kier alpha value is -2.35. The Morgan fingerprint density at radius 1 is 1.27 bits per heavy atom. The predicted octanol–water partition coefficient (Wildman–Crippen LogP) is 4.02. The number of carbonyl (C=O) groups is 1. The number of nitrogens with zero attached hydrogens (tertiary/aromatic N) is 2. The molecule has 1 amide bonds. The molecule has 1 aliphatic heterocycles. The molecule has 30 heavy (non-hydrogen) atoms. The summed E-state index contributed by atoms with van der Waals surface area (Å²) in [6.07, 6.45) is -3.74. The van der Waals surface area contributed by atoms with Crippen LogP contribution in [0.15, 0.2) is 30.3 Å². The molecular formula is C22H28F3N3O2. The number of aryl methyl sites for hydroxylation is 2. The lowest BCUT2D eigenvalue weighted by Crippen LogP contribution is -2.49. The van der Waals surface area contributed by atoms with Crippen molar-refractivity contribution in [2.45, 2.75) is 51.7 Å². The van der Waals surface area contributed by atoms with E-state index < -0.39 is 17.2 Å². The summed E-state index contributed by atoms with van der Waals surface area (Å²) in [5, 5.41) is 7.42. The highest BCUT2D eigenvalue weighted by Gasteiger charge is 2.43. The van der Waals surface area contributed by atoms with Gasteiger partial charge in [-0.15, -0.1) is 0 Å². The van der Waals surface area contributed by atoms with Crippen molar-refractivity contribution < 1.29 is 22.7 Å². The standard InChI is InChI=1S/C22H28F3N3O2/c1-15(14-28-17(3)11-16(2)27-28)13-26-20(29)21(7-9-30-10-8-21)18-5-4-6-19(12-18)22(23,24)25/h4-6,11-12,15H,7-10,13-14H2,1-3H3,(H,26,29). The third kappa shape index (κ3) is 4.86. The Balaban J connectivity index is 1.75. The zero-order chi connectivity index (χ0) is 21.9. The molecule has 2 heterocycles. The average Bonchev–Trinajstić information content (AvgIpc) is 3.02. The normalized spacial score (nSPS) is 17.5. The SMILES string of the molecule is Cc1cc(C)n(CC(C)CNC(=O)C2(c3cccc(C(F)(F)F)c3)CCOCC2)n1. The monoisotopic (exact) mass is 423 g/mol. The fraction of sp³-hybridized carbons (Fsp3) is 0.545. The van der Waals surface area contributed by atoms with E-state index in [1.807, 2.05) is 31.5 Å². The first-order valence-corrected chi connectivity index (χ1v) is 10.2. The van der Waals surface area contributed by atoms with Gasteiger partial charge in [0, 0.05) is 32.0 Å². The molecule has 0 saturated carbocycles. The number of nitrogens with one attached hydrogen (secondary N) is 1. The van der Waals surface area contributed by atoms with Crippen LogP contribution in [0, 0.1) is 19.8 Å². The lowest BCUT2D eigenvalue weighted by molar-refractivity contribution is -0.138. The summed E-state index contributed by atoms with van der Waals surface area (Å²) in [6, 6.07) is 7.11. The fourth-order valence-electron chi connectivity index (χ4n) is 4.02. The van der Waals surface area contributed by atoms with Crippen LogP contribution < -0.4 is 5.32 Å². The topological polar surface area (TPSA) is 56.2 Å². The van der Waals surface area contributed by atoms with Crippen LogP contribution in [0.4, 0.5) is 13.2 Å². The van der Waals surface area contributed by atoms with Crippen LogP contribution in [-0.4, -0.2) is 35.4 Å². The van der Waals surface area contributed by atoms with Gasteiger partial charge >= 0.3 is 6.18 Å². The number of amides is 1. The third-order valence-corrected chi connectivity index (χ3v) is 5.72. The minimum Gasteiger partial charge on any atom is -0.381 e. The summed E-state index contributed by atoms with van der Waals surface area (Å²) in [5.74, 6) is -0.129. The van der Waals surface area contributed by atoms with E-state index in [0.717, 1.165) is 23.5 Å². The van der Waals surface area contributed by atoms with Crippen LogP contribution in [-0.2, 0) is 27.7 Å². The molecule has 1 fully saturated rings. The van der Waals surface area contributed by atoms with Crippen LogP contribution in [0.1, 0.15) is 42.3 Å². The number of hydrogen-bond acceptors (Lipinski definition) is 3. The Morgan fingerprint density at radius 3 is 2.57 bits per heavy atom. The molecule has 1 saturated heterocycles. The molecule has 0 bridgehead atoms. The second-order valence-electron chi connectivity index (χ2n) is 8.20. The molecule has 0 aliphatic carbocycles. The first kappa shape index (κ1) is 22.3. The van der Waals surface area contributed by atoms with Gasteiger partial charge in [0.05, 0.1) is 16.7 Å². The first-order chi connectivity index (χ1) is 14.1. The highest BCUT2D eigenvalue weighted by molar-refractivity contribution is 5.88. The molecule has 1 aromatic heterocycles. The summed E-state index contributed by atoms with van der Waals surface area (Å²) in [7, 11) is 0. The summed E-state index contributed by atoms with van der Waals surface area (Å²) < 4.78 is 47.0. The number of alkyl halides is 3. The van der Waals surface area contributed by atoms with E-state index in [4.69, 9.17) is 4.74 Å². The van der Waals surface area contributed by atoms with Gasteiger partial charge in [-0.1, -0.05) is 25.1 Å². The van der Waals surface area contributed by atoms with E-state index in [2.05, 4.69) is 10.4 Å². The van der Waals surface area contributed by atoms with Gasteiger partial charge in [-0.25, -0.2) is 0 Å². The number of ether oxygens (including phenoxy) is 1. The fourth-order valence-corrected chi connectivity index (χ4v) is 4.02. The number of rotatable bonds is 6. The zero-order valence-electron chi connectivity index (χ0n) is 17.6.